The second-order valence-corrected chi connectivity index (χ2v) is 3.86. The monoisotopic (exact) mass is 197 g/mol. The van der Waals surface area contributed by atoms with Gasteiger partial charge in [-0.2, -0.15) is 0 Å². The molecule has 0 saturated heterocycles. The van der Waals surface area contributed by atoms with Crippen molar-refractivity contribution >= 4 is 0 Å². The molecule has 0 saturated carbocycles. The molecule has 0 fully saturated rings. The van der Waals surface area contributed by atoms with Crippen molar-refractivity contribution in [1.29, 1.82) is 0 Å². The number of aromatic hydroxyl groups is 1. The minimum atomic E-state index is 0.258. The molecular formula is C13H11NO. The van der Waals surface area contributed by atoms with Crippen LogP contribution in [0, 0.1) is 0 Å². The number of nitrogens with zero attached hydrogens (tertiary/aromatic N) is 1. The highest BCUT2D eigenvalue weighted by atomic mass is 16.3. The molecule has 1 aliphatic rings. The number of fused-ring (bicyclic) bond motifs is 3. The SMILES string of the molecule is Oc1cnc2c(c1)CCc1ccccc1-2. The molecule has 0 radical (unpaired) electrons. The van der Waals surface area contributed by atoms with Crippen LogP contribution in [0.25, 0.3) is 11.3 Å². The number of hydrogen-bond donors (Lipinski definition) is 1. The fourth-order valence-electron chi connectivity index (χ4n) is 2.17. The Morgan fingerprint density at radius 3 is 2.80 bits per heavy atom. The molecule has 1 N–H and O–H groups in total. The normalized spacial score (nSPS) is 13.1. The van der Waals surface area contributed by atoms with Gasteiger partial charge in [-0.25, -0.2) is 0 Å². The van der Waals surface area contributed by atoms with Crippen LogP contribution in [0.15, 0.2) is 36.5 Å². The van der Waals surface area contributed by atoms with Crippen molar-refractivity contribution in [2.45, 2.75) is 12.8 Å². The zero-order chi connectivity index (χ0) is 10.3. The third-order valence-corrected chi connectivity index (χ3v) is 2.89. The van der Waals surface area contributed by atoms with Crippen LogP contribution in [-0.4, -0.2) is 10.1 Å². The van der Waals surface area contributed by atoms with Crippen molar-refractivity contribution in [3.05, 3.63) is 47.7 Å². The molecule has 1 aromatic heterocycles. The molecule has 0 amide bonds. The van der Waals surface area contributed by atoms with Gasteiger partial charge in [0.1, 0.15) is 5.75 Å². The average molecular weight is 197 g/mol. The molecule has 1 heterocycles. The van der Waals surface area contributed by atoms with Crippen LogP contribution in [0.2, 0.25) is 0 Å². The highest BCUT2D eigenvalue weighted by Crippen LogP contribution is 2.32. The molecule has 0 spiro atoms. The van der Waals surface area contributed by atoms with Gasteiger partial charge in [0.15, 0.2) is 0 Å². The van der Waals surface area contributed by atoms with Gasteiger partial charge in [0, 0.05) is 5.56 Å². The maximum absolute atomic E-state index is 9.37. The summed E-state index contributed by atoms with van der Waals surface area (Å²) in [5, 5.41) is 9.37. The number of aromatic nitrogens is 1. The fourth-order valence-corrected chi connectivity index (χ4v) is 2.17. The van der Waals surface area contributed by atoms with E-state index in [1.807, 2.05) is 12.1 Å². The van der Waals surface area contributed by atoms with Crippen molar-refractivity contribution < 1.29 is 5.11 Å². The largest absolute Gasteiger partial charge is 0.506 e. The lowest BCUT2D eigenvalue weighted by molar-refractivity contribution is 0.472. The van der Waals surface area contributed by atoms with Crippen LogP contribution in [0.4, 0.5) is 0 Å². The maximum atomic E-state index is 9.37. The first-order valence-electron chi connectivity index (χ1n) is 5.11. The van der Waals surface area contributed by atoms with E-state index in [1.54, 1.807) is 0 Å². The van der Waals surface area contributed by atoms with E-state index in [9.17, 15) is 5.11 Å². The predicted octanol–water partition coefficient (Wildman–Crippen LogP) is 2.55. The Morgan fingerprint density at radius 2 is 1.87 bits per heavy atom. The summed E-state index contributed by atoms with van der Waals surface area (Å²) in [5.74, 6) is 0.258. The summed E-state index contributed by atoms with van der Waals surface area (Å²) in [6.07, 6.45) is 3.52. The van der Waals surface area contributed by atoms with E-state index in [0.29, 0.717) is 0 Å². The third-order valence-electron chi connectivity index (χ3n) is 2.89. The molecule has 74 valence electrons. The Labute approximate surface area is 88.2 Å². The summed E-state index contributed by atoms with van der Waals surface area (Å²) in [6, 6.07) is 10.1. The summed E-state index contributed by atoms with van der Waals surface area (Å²) >= 11 is 0. The van der Waals surface area contributed by atoms with Crippen LogP contribution in [0.5, 0.6) is 5.75 Å². The van der Waals surface area contributed by atoms with Crippen LogP contribution in [-0.2, 0) is 12.8 Å². The molecule has 0 aliphatic heterocycles. The lowest BCUT2D eigenvalue weighted by atomic mass is 9.89. The van der Waals surface area contributed by atoms with Gasteiger partial charge >= 0.3 is 0 Å². The van der Waals surface area contributed by atoms with Gasteiger partial charge in [0.25, 0.3) is 0 Å². The average Bonchev–Trinajstić information content (AvgIpc) is 2.28. The van der Waals surface area contributed by atoms with Crippen LogP contribution >= 0.6 is 0 Å². The number of rotatable bonds is 0. The van der Waals surface area contributed by atoms with E-state index in [2.05, 4.69) is 23.2 Å². The summed E-state index contributed by atoms with van der Waals surface area (Å²) < 4.78 is 0. The van der Waals surface area contributed by atoms with E-state index in [-0.39, 0.29) is 5.75 Å². The van der Waals surface area contributed by atoms with E-state index in [0.717, 1.165) is 24.1 Å². The number of benzene rings is 1. The van der Waals surface area contributed by atoms with E-state index >= 15 is 0 Å². The lowest BCUT2D eigenvalue weighted by Crippen LogP contribution is -2.04. The van der Waals surface area contributed by atoms with Gasteiger partial charge in [-0.05, 0) is 30.0 Å². The summed E-state index contributed by atoms with van der Waals surface area (Å²) in [5.41, 5.74) is 4.73. The Balaban J connectivity index is 2.26. The quantitative estimate of drug-likeness (QED) is 0.704. The Kier molecular flexibility index (Phi) is 1.75. The van der Waals surface area contributed by atoms with Gasteiger partial charge in [-0.3, -0.25) is 4.98 Å². The Hall–Kier alpha value is -1.83. The Morgan fingerprint density at radius 1 is 1.07 bits per heavy atom. The van der Waals surface area contributed by atoms with Gasteiger partial charge < -0.3 is 5.11 Å². The molecule has 0 bridgehead atoms. The molecule has 3 rings (SSSR count). The molecule has 1 aliphatic carbocycles. The van der Waals surface area contributed by atoms with Gasteiger partial charge in [-0.15, -0.1) is 0 Å². The predicted molar refractivity (Wildman–Crippen MR) is 58.7 cm³/mol. The van der Waals surface area contributed by atoms with Crippen LogP contribution < -0.4 is 0 Å². The van der Waals surface area contributed by atoms with Crippen molar-refractivity contribution in [1.82, 2.24) is 4.98 Å². The van der Waals surface area contributed by atoms with Crippen LogP contribution in [0.3, 0.4) is 0 Å². The fraction of sp³-hybridized carbons (Fsp3) is 0.154. The minimum absolute atomic E-state index is 0.258. The van der Waals surface area contributed by atoms with Crippen molar-refractivity contribution in [2.24, 2.45) is 0 Å². The molecule has 1 aromatic carbocycles. The van der Waals surface area contributed by atoms with Gasteiger partial charge in [0.05, 0.1) is 11.9 Å². The smallest absolute Gasteiger partial charge is 0.134 e. The Bertz CT molecular complexity index is 520. The molecular weight excluding hydrogens is 186 g/mol. The maximum Gasteiger partial charge on any atom is 0.134 e. The standard InChI is InChI=1S/C13H11NO/c15-11-7-10-6-5-9-3-1-2-4-12(9)13(10)14-8-11/h1-4,7-8,15H,5-6H2. The molecule has 0 unspecified atom stereocenters. The van der Waals surface area contributed by atoms with Crippen molar-refractivity contribution in [2.75, 3.05) is 0 Å². The van der Waals surface area contributed by atoms with Crippen LogP contribution in [0.1, 0.15) is 11.1 Å². The van der Waals surface area contributed by atoms with Gasteiger partial charge in [0.2, 0.25) is 0 Å². The summed E-state index contributed by atoms with van der Waals surface area (Å²) in [6.45, 7) is 0. The van der Waals surface area contributed by atoms with Crippen molar-refractivity contribution in [3.63, 3.8) is 0 Å². The first-order chi connectivity index (χ1) is 7.34. The molecule has 2 nitrogen and oxygen atoms in total. The van der Waals surface area contributed by atoms with E-state index in [1.165, 1.54) is 17.3 Å². The molecule has 2 aromatic rings. The topological polar surface area (TPSA) is 33.1 Å². The molecule has 15 heavy (non-hydrogen) atoms. The third kappa shape index (κ3) is 1.30. The highest BCUT2D eigenvalue weighted by Gasteiger charge is 2.16. The second kappa shape index (κ2) is 3.09. The van der Waals surface area contributed by atoms with Gasteiger partial charge in [-0.1, -0.05) is 24.3 Å². The zero-order valence-corrected chi connectivity index (χ0v) is 8.27. The molecule has 0 atom stereocenters. The van der Waals surface area contributed by atoms with E-state index in [4.69, 9.17) is 0 Å². The lowest BCUT2D eigenvalue weighted by Gasteiger charge is -2.18. The second-order valence-electron chi connectivity index (χ2n) is 3.86. The van der Waals surface area contributed by atoms with E-state index < -0.39 is 0 Å². The summed E-state index contributed by atoms with van der Waals surface area (Å²) in [7, 11) is 0. The van der Waals surface area contributed by atoms with Crippen molar-refractivity contribution in [3.8, 4) is 17.0 Å². The number of hydrogen-bond acceptors (Lipinski definition) is 2. The number of aryl methyl sites for hydroxylation is 2. The zero-order valence-electron chi connectivity index (χ0n) is 8.27. The summed E-state index contributed by atoms with van der Waals surface area (Å²) in [4.78, 5) is 4.31. The minimum Gasteiger partial charge on any atom is -0.506 e. The first-order valence-corrected chi connectivity index (χ1v) is 5.11. The highest BCUT2D eigenvalue weighted by molar-refractivity contribution is 5.69. The first kappa shape index (κ1) is 8.48. The molecule has 2 heteroatoms. The number of pyridine rings is 1.